The Bertz CT molecular complexity index is 358. The number of rotatable bonds is 4. The molecule has 0 saturated heterocycles. The minimum absolute atomic E-state index is 0.300. The fourth-order valence-electron chi connectivity index (χ4n) is 2.23. The first-order valence-corrected chi connectivity index (χ1v) is 7.46. The molecule has 92 valence electrons. The van der Waals surface area contributed by atoms with Gasteiger partial charge in [-0.25, -0.2) is 0 Å². The van der Waals surface area contributed by atoms with Crippen LogP contribution in [0.2, 0.25) is 0 Å². The van der Waals surface area contributed by atoms with Crippen LogP contribution in [0.4, 0.5) is 0 Å². The second-order valence-electron chi connectivity index (χ2n) is 4.65. The van der Waals surface area contributed by atoms with Crippen LogP contribution in [0.1, 0.15) is 32.1 Å². The van der Waals surface area contributed by atoms with Crippen LogP contribution in [0.3, 0.4) is 0 Å². The average Bonchev–Trinajstić information content (AvgIpc) is 2.55. The maximum absolute atomic E-state index is 6.02. The van der Waals surface area contributed by atoms with Crippen molar-refractivity contribution in [3.63, 3.8) is 0 Å². The van der Waals surface area contributed by atoms with E-state index >= 15 is 0 Å². The van der Waals surface area contributed by atoms with Gasteiger partial charge in [-0.1, -0.05) is 36.3 Å². The predicted molar refractivity (Wildman–Crippen MR) is 76.3 cm³/mol. The first-order chi connectivity index (χ1) is 8.34. The Balaban J connectivity index is 1.78. The lowest BCUT2D eigenvalue weighted by Gasteiger charge is -2.06. The van der Waals surface area contributed by atoms with Gasteiger partial charge in [0.15, 0.2) is 0 Å². The Morgan fingerprint density at radius 3 is 2.82 bits per heavy atom. The Morgan fingerprint density at radius 2 is 2.00 bits per heavy atom. The van der Waals surface area contributed by atoms with Crippen molar-refractivity contribution in [2.75, 3.05) is 5.75 Å². The van der Waals surface area contributed by atoms with Gasteiger partial charge < -0.3 is 5.73 Å². The van der Waals surface area contributed by atoms with Gasteiger partial charge in [-0.2, -0.15) is 0 Å². The second kappa shape index (κ2) is 6.87. The average molecular weight is 247 g/mol. The summed E-state index contributed by atoms with van der Waals surface area (Å²) in [4.78, 5) is 1.37. The van der Waals surface area contributed by atoms with Crippen molar-refractivity contribution < 1.29 is 0 Å². The summed E-state index contributed by atoms with van der Waals surface area (Å²) in [6, 6.07) is 10.9. The summed E-state index contributed by atoms with van der Waals surface area (Å²) >= 11 is 1.94. The van der Waals surface area contributed by atoms with Gasteiger partial charge in [-0.05, 0) is 37.8 Å². The van der Waals surface area contributed by atoms with E-state index in [2.05, 4.69) is 36.4 Å². The van der Waals surface area contributed by atoms with E-state index in [9.17, 15) is 0 Å². The quantitative estimate of drug-likeness (QED) is 0.643. The number of nitrogens with two attached hydrogens (primary N) is 1. The van der Waals surface area contributed by atoms with Crippen molar-refractivity contribution in [1.82, 2.24) is 0 Å². The molecule has 0 heterocycles. The van der Waals surface area contributed by atoms with Crippen LogP contribution in [0.5, 0.6) is 0 Å². The molecular weight excluding hydrogens is 226 g/mol. The molecule has 1 aliphatic carbocycles. The van der Waals surface area contributed by atoms with E-state index < -0.39 is 0 Å². The summed E-state index contributed by atoms with van der Waals surface area (Å²) in [5.74, 6) is 1.17. The van der Waals surface area contributed by atoms with E-state index in [-0.39, 0.29) is 0 Å². The Hall–Kier alpha value is -0.730. The number of hydrogen-bond acceptors (Lipinski definition) is 2. The first kappa shape index (κ1) is 12.7. The zero-order valence-corrected chi connectivity index (χ0v) is 11.1. The molecule has 17 heavy (non-hydrogen) atoms. The highest BCUT2D eigenvalue weighted by atomic mass is 32.2. The van der Waals surface area contributed by atoms with Crippen molar-refractivity contribution in [3.05, 3.63) is 42.0 Å². The molecule has 1 aromatic rings. The molecule has 1 nitrogen and oxygen atoms in total. The Morgan fingerprint density at radius 1 is 1.18 bits per heavy atom. The Kier molecular flexibility index (Phi) is 5.14. The lowest BCUT2D eigenvalue weighted by Crippen LogP contribution is -2.15. The van der Waals surface area contributed by atoms with Gasteiger partial charge in [0.05, 0.1) is 0 Å². The summed E-state index contributed by atoms with van der Waals surface area (Å²) in [5, 5.41) is 0. The monoisotopic (exact) mass is 247 g/mol. The van der Waals surface area contributed by atoms with Gasteiger partial charge in [0.25, 0.3) is 0 Å². The summed E-state index contributed by atoms with van der Waals surface area (Å²) in [7, 11) is 0. The molecule has 0 radical (unpaired) electrons. The summed E-state index contributed by atoms with van der Waals surface area (Å²) < 4.78 is 0. The highest BCUT2D eigenvalue weighted by molar-refractivity contribution is 7.99. The molecule has 0 amide bonds. The van der Waals surface area contributed by atoms with Gasteiger partial charge in [-0.15, -0.1) is 11.8 Å². The van der Waals surface area contributed by atoms with Crippen LogP contribution >= 0.6 is 11.8 Å². The van der Waals surface area contributed by atoms with Crippen LogP contribution in [0, 0.1) is 0 Å². The molecular formula is C15H21NS. The number of hydrogen-bond donors (Lipinski definition) is 1. The Labute approximate surface area is 108 Å². The third kappa shape index (κ3) is 4.57. The molecule has 0 bridgehead atoms. The first-order valence-electron chi connectivity index (χ1n) is 6.47. The van der Waals surface area contributed by atoms with Crippen LogP contribution in [-0.4, -0.2) is 11.8 Å². The normalized spacial score (nSPS) is 20.8. The van der Waals surface area contributed by atoms with Gasteiger partial charge >= 0.3 is 0 Å². The third-order valence-corrected chi connectivity index (χ3v) is 4.18. The van der Waals surface area contributed by atoms with Crippen molar-refractivity contribution in [1.29, 1.82) is 0 Å². The minimum atomic E-state index is 0.300. The van der Waals surface area contributed by atoms with Crippen LogP contribution in [-0.2, 0) is 0 Å². The number of allylic oxidation sites excluding steroid dienone is 1. The molecule has 0 aliphatic heterocycles. The van der Waals surface area contributed by atoms with Crippen molar-refractivity contribution in [2.45, 2.75) is 43.0 Å². The van der Waals surface area contributed by atoms with E-state index in [0.29, 0.717) is 6.04 Å². The molecule has 0 saturated carbocycles. The lowest BCUT2D eigenvalue weighted by molar-refractivity contribution is 0.654. The van der Waals surface area contributed by atoms with E-state index in [0.717, 1.165) is 6.42 Å². The van der Waals surface area contributed by atoms with E-state index in [4.69, 9.17) is 5.73 Å². The van der Waals surface area contributed by atoms with Gasteiger partial charge in [0.2, 0.25) is 0 Å². The largest absolute Gasteiger partial charge is 0.324 e. The molecule has 2 N–H and O–H groups in total. The SMILES string of the molecule is NC1C=C(CCSc2ccccc2)CCCC1. The minimum Gasteiger partial charge on any atom is -0.324 e. The molecule has 1 unspecified atom stereocenters. The van der Waals surface area contributed by atoms with Gasteiger partial charge in [0.1, 0.15) is 0 Å². The van der Waals surface area contributed by atoms with Crippen molar-refractivity contribution in [2.24, 2.45) is 5.73 Å². The van der Waals surface area contributed by atoms with Crippen molar-refractivity contribution >= 4 is 11.8 Å². The van der Waals surface area contributed by atoms with E-state index in [1.54, 1.807) is 5.57 Å². The summed E-state index contributed by atoms with van der Waals surface area (Å²) in [6.07, 6.45) is 8.51. The summed E-state index contributed by atoms with van der Waals surface area (Å²) in [5.41, 5.74) is 7.59. The molecule has 0 spiro atoms. The highest BCUT2D eigenvalue weighted by Gasteiger charge is 2.08. The van der Waals surface area contributed by atoms with Crippen LogP contribution in [0.15, 0.2) is 46.9 Å². The second-order valence-corrected chi connectivity index (χ2v) is 5.81. The van der Waals surface area contributed by atoms with Crippen LogP contribution in [0.25, 0.3) is 0 Å². The van der Waals surface area contributed by atoms with E-state index in [1.165, 1.54) is 36.3 Å². The topological polar surface area (TPSA) is 26.0 Å². The molecule has 2 rings (SSSR count). The fraction of sp³-hybridized carbons (Fsp3) is 0.467. The standard InChI is InChI=1S/C15H21NS/c16-14-7-5-4-6-13(12-14)10-11-17-15-8-2-1-3-9-15/h1-3,8-9,12,14H,4-7,10-11,16H2. The fourth-order valence-corrected chi connectivity index (χ4v) is 3.18. The maximum atomic E-state index is 6.02. The molecule has 2 heteroatoms. The maximum Gasteiger partial charge on any atom is 0.0226 e. The highest BCUT2D eigenvalue weighted by Crippen LogP contribution is 2.24. The smallest absolute Gasteiger partial charge is 0.0226 e. The molecule has 1 aromatic carbocycles. The molecule has 1 atom stereocenters. The number of benzene rings is 1. The predicted octanol–water partition coefficient (Wildman–Crippen LogP) is 4.00. The lowest BCUT2D eigenvalue weighted by atomic mass is 10.1. The van der Waals surface area contributed by atoms with Crippen LogP contribution < -0.4 is 5.73 Å². The molecule has 0 fully saturated rings. The zero-order valence-electron chi connectivity index (χ0n) is 10.3. The third-order valence-electron chi connectivity index (χ3n) is 3.17. The molecule has 1 aliphatic rings. The van der Waals surface area contributed by atoms with E-state index in [1.807, 2.05) is 11.8 Å². The van der Waals surface area contributed by atoms with Crippen molar-refractivity contribution in [3.8, 4) is 0 Å². The van der Waals surface area contributed by atoms with Gasteiger partial charge in [0, 0.05) is 16.7 Å². The summed E-state index contributed by atoms with van der Waals surface area (Å²) in [6.45, 7) is 0. The number of thioether (sulfide) groups is 1. The zero-order chi connectivity index (χ0) is 11.9. The molecule has 0 aromatic heterocycles. The van der Waals surface area contributed by atoms with Gasteiger partial charge in [-0.3, -0.25) is 0 Å².